The first-order valence-electron chi connectivity index (χ1n) is 30.3. The number of primary amides is 1. The molecule has 0 unspecified atom stereocenters. The average molecular weight is 1240 g/mol. The van der Waals surface area contributed by atoms with Gasteiger partial charge in [-0.25, -0.2) is 4.79 Å². The third kappa shape index (κ3) is 13.8. The minimum Gasteiger partial charge on any atom is -0.507 e. The number of ketones is 2. The van der Waals surface area contributed by atoms with Crippen molar-refractivity contribution < 1.29 is 86.9 Å². The number of rotatable bonds is 24. The summed E-state index contributed by atoms with van der Waals surface area (Å²) in [5, 5.41) is 50.2. The lowest BCUT2D eigenvalue weighted by atomic mass is 9.74. The van der Waals surface area contributed by atoms with Crippen LogP contribution in [0.5, 0.6) is 17.2 Å². The molecule has 9 N–H and O–H groups in total. The second-order valence-corrected chi connectivity index (χ2v) is 23.8. The van der Waals surface area contributed by atoms with Crippen LogP contribution < -0.4 is 31.7 Å². The van der Waals surface area contributed by atoms with E-state index < -0.39 is 89.7 Å². The number of morpholine rings is 1. The van der Waals surface area contributed by atoms with E-state index in [4.69, 9.17) is 39.0 Å². The van der Waals surface area contributed by atoms with Crippen molar-refractivity contribution in [2.75, 3.05) is 72.0 Å². The Hall–Kier alpha value is -7.44. The number of benzene rings is 3. The monoisotopic (exact) mass is 1240 g/mol. The predicted octanol–water partition coefficient (Wildman–Crippen LogP) is 2.35. The lowest BCUT2D eigenvalue weighted by Crippen LogP contribution is -2.60. The summed E-state index contributed by atoms with van der Waals surface area (Å²) in [6, 6.07) is 8.50. The number of imide groups is 1. The number of piperazine rings is 1. The third-order valence-electron chi connectivity index (χ3n) is 17.7. The van der Waals surface area contributed by atoms with Crippen LogP contribution in [-0.4, -0.2) is 204 Å². The summed E-state index contributed by atoms with van der Waals surface area (Å²) in [5.41, 5.74) is 4.02. The Morgan fingerprint density at radius 1 is 0.843 bits per heavy atom. The van der Waals surface area contributed by atoms with Gasteiger partial charge in [0.15, 0.2) is 24.6 Å². The molecule has 3 aromatic rings. The zero-order valence-electron chi connectivity index (χ0n) is 50.5. The van der Waals surface area contributed by atoms with Crippen LogP contribution in [0.3, 0.4) is 0 Å². The van der Waals surface area contributed by atoms with E-state index in [1.54, 1.807) is 56.4 Å². The van der Waals surface area contributed by atoms with E-state index in [9.17, 15) is 53.7 Å². The van der Waals surface area contributed by atoms with Gasteiger partial charge in [-0.2, -0.15) is 5.06 Å². The fraction of sp³-hybridized carbons (Fsp3) is 0.548. The van der Waals surface area contributed by atoms with Crippen LogP contribution in [-0.2, 0) is 65.5 Å². The molecule has 0 aromatic heterocycles. The summed E-state index contributed by atoms with van der Waals surface area (Å²) in [7, 11) is 2.92. The van der Waals surface area contributed by atoms with Gasteiger partial charge in [-0.1, -0.05) is 44.5 Å². The van der Waals surface area contributed by atoms with Gasteiger partial charge < -0.3 is 70.7 Å². The lowest BCUT2D eigenvalue weighted by molar-refractivity contribution is -0.263. The van der Waals surface area contributed by atoms with E-state index in [2.05, 4.69) is 26.2 Å². The van der Waals surface area contributed by atoms with E-state index >= 15 is 0 Å². The number of aromatic hydroxyl groups is 2. The van der Waals surface area contributed by atoms with Gasteiger partial charge in [-0.15, -0.1) is 0 Å². The zero-order valence-corrected chi connectivity index (χ0v) is 50.5. The maximum atomic E-state index is 14.4. The molecular weight excluding hydrogens is 1160 g/mol. The molecule has 27 nitrogen and oxygen atoms in total. The largest absolute Gasteiger partial charge is 0.507 e. The number of phenols is 2. The molecule has 10 rings (SSSR count). The summed E-state index contributed by atoms with van der Waals surface area (Å²) in [6.45, 7) is 8.11. The van der Waals surface area contributed by atoms with Crippen LogP contribution in [0.15, 0.2) is 54.6 Å². The second kappa shape index (κ2) is 27.7. The van der Waals surface area contributed by atoms with Gasteiger partial charge in [0.25, 0.3) is 11.8 Å². The van der Waals surface area contributed by atoms with Gasteiger partial charge in [0, 0.05) is 119 Å². The third-order valence-corrected chi connectivity index (χ3v) is 17.7. The average Bonchev–Trinajstić information content (AvgIpc) is 1.20. The van der Waals surface area contributed by atoms with Crippen molar-refractivity contribution >= 4 is 52.8 Å². The number of urea groups is 1. The molecule has 480 valence electrons. The van der Waals surface area contributed by atoms with Gasteiger partial charge in [-0.05, 0) is 62.3 Å². The highest BCUT2D eigenvalue weighted by Crippen LogP contribution is 2.53. The van der Waals surface area contributed by atoms with Crippen LogP contribution in [0.4, 0.5) is 10.5 Å². The summed E-state index contributed by atoms with van der Waals surface area (Å²) in [4.78, 5) is 116. The number of nitrogens with zero attached hydrogens (tertiary/aromatic N) is 4. The first kappa shape index (κ1) is 64.5. The number of aliphatic hydroxyl groups is 1. The molecule has 27 heteroatoms. The first-order chi connectivity index (χ1) is 42.7. The van der Waals surface area contributed by atoms with E-state index in [0.29, 0.717) is 57.6 Å². The molecule has 10 atom stereocenters. The topological polar surface area (TPSA) is 349 Å². The quantitative estimate of drug-likeness (QED) is 0.0283. The number of unbranched alkanes of at least 4 members (excludes halogenated alkanes) is 2. The fourth-order valence-electron chi connectivity index (χ4n) is 13.1. The summed E-state index contributed by atoms with van der Waals surface area (Å²) >= 11 is 0. The van der Waals surface area contributed by atoms with Crippen molar-refractivity contribution in [3.63, 3.8) is 0 Å². The molecule has 5 aliphatic heterocycles. The molecule has 7 amide bonds. The standard InChI is InChI=1S/C62H79N9O18/c1-33(2)51(67-43(72)14-7-6-8-22-71-44(73)19-20-45(71)74)58(80)66-39(12-10-21-64-61(63)81)57(79)65-36-17-15-35(16-18-36)32-86-69-25-23-68(24-26-69)62(82)30-38-48(55(78)50-49(53(38)76)52(75)37-11-9-13-41(83-4)47(37)54(50)77)42(31-62)88-46-29-40-56(34(3)87-46)89-59-60(84-5)85-28-27-70(40)59/h9,11,13,15-20,33-34,39-40,42,46,51,56,59-60,76,78,82H,6-8,10,12,14,21-32H2,1-5H3,(H,65,79)(H,66,80)(H,67,72)(H3,63,64,81)/t34-,39-,40-,42-,46-,51-,56+,59+,60-,62-/m0/s1. The van der Waals surface area contributed by atoms with Crippen LogP contribution in [0.1, 0.15) is 127 Å². The molecule has 2 aliphatic carbocycles. The number of amides is 7. The van der Waals surface area contributed by atoms with Crippen LogP contribution in [0.25, 0.3) is 0 Å². The Bertz CT molecular complexity index is 3210. The number of hydroxylamine groups is 2. The van der Waals surface area contributed by atoms with Gasteiger partial charge in [0.2, 0.25) is 23.5 Å². The van der Waals surface area contributed by atoms with Crippen LogP contribution in [0, 0.1) is 5.92 Å². The van der Waals surface area contributed by atoms with E-state index in [1.165, 1.54) is 31.4 Å². The summed E-state index contributed by atoms with van der Waals surface area (Å²) < 4.78 is 36.6. The molecule has 7 aliphatic rings. The number of nitrogens with two attached hydrogens (primary N) is 1. The number of ether oxygens (including phenoxy) is 6. The minimum atomic E-state index is -1.72. The Morgan fingerprint density at radius 2 is 1.57 bits per heavy atom. The maximum Gasteiger partial charge on any atom is 0.312 e. The fourth-order valence-corrected chi connectivity index (χ4v) is 13.1. The second-order valence-electron chi connectivity index (χ2n) is 23.8. The highest BCUT2D eigenvalue weighted by molar-refractivity contribution is 6.31. The van der Waals surface area contributed by atoms with Gasteiger partial charge in [-0.3, -0.25) is 53.1 Å². The Morgan fingerprint density at radius 3 is 2.27 bits per heavy atom. The predicted molar refractivity (Wildman–Crippen MR) is 314 cm³/mol. The number of hydrogen-bond acceptors (Lipinski definition) is 21. The number of carbonyl (C=O) groups excluding carboxylic acids is 8. The van der Waals surface area contributed by atoms with Crippen molar-refractivity contribution in [1.82, 2.24) is 35.7 Å². The summed E-state index contributed by atoms with van der Waals surface area (Å²) in [5.74, 6) is -4.95. The SMILES string of the molecule is COc1cccc2c1C(=O)c1c(O)c3c(c(O)c1C2=O)C[C@@](O)(N1CCN(OCc2ccc(NC(=O)[C@H](CCCNC(N)=O)NC(=O)[C@@H](NC(=O)CCCCCN4C(=O)C=CC4=O)C(C)C)cc2)CC1)C[C@@H]3O[C@H]1C[C@H]2[C@H](O[C@@H]3[C@@H](OC)OCCN32)[C@H](C)O1. The zero-order chi connectivity index (χ0) is 63.4. The molecule has 0 saturated carbocycles. The molecular formula is C62H79N9O18. The molecule has 89 heavy (non-hydrogen) atoms. The molecule has 3 aromatic carbocycles. The molecule has 0 bridgehead atoms. The van der Waals surface area contributed by atoms with E-state index in [0.717, 1.165) is 10.5 Å². The highest BCUT2D eigenvalue weighted by Gasteiger charge is 2.55. The normalized spacial score (nSPS) is 25.8. The van der Waals surface area contributed by atoms with Crippen molar-refractivity contribution in [1.29, 1.82) is 0 Å². The number of hydrogen-bond donors (Lipinski definition) is 8. The van der Waals surface area contributed by atoms with Gasteiger partial charge in [0.05, 0.1) is 49.2 Å². The molecule has 0 spiro atoms. The van der Waals surface area contributed by atoms with Crippen LogP contribution in [0.2, 0.25) is 0 Å². The number of phenolic OH excluding ortho intramolecular Hbond substituents is 2. The van der Waals surface area contributed by atoms with Crippen molar-refractivity contribution in [2.45, 2.75) is 146 Å². The van der Waals surface area contributed by atoms with Gasteiger partial charge >= 0.3 is 6.03 Å². The number of fused-ring (bicyclic) bond motifs is 6. The summed E-state index contributed by atoms with van der Waals surface area (Å²) in [6.07, 6.45) is 0.438. The number of nitrogens with one attached hydrogen (secondary N) is 4. The number of methoxy groups -OCH3 is 2. The minimum absolute atomic E-state index is 0.00369. The van der Waals surface area contributed by atoms with E-state index in [1.807, 2.05) is 11.8 Å². The molecule has 0 radical (unpaired) electrons. The first-order valence-corrected chi connectivity index (χ1v) is 30.3. The maximum absolute atomic E-state index is 14.4. The molecule has 5 heterocycles. The molecule has 4 saturated heterocycles. The van der Waals surface area contributed by atoms with Crippen LogP contribution >= 0.6 is 0 Å². The lowest BCUT2D eigenvalue weighted by Gasteiger charge is -2.49. The van der Waals surface area contributed by atoms with Gasteiger partial charge in [0.1, 0.15) is 41.2 Å². The Balaban J connectivity index is 0.771. The molecule has 4 fully saturated rings. The Labute approximate surface area is 514 Å². The Kier molecular flexibility index (Phi) is 20.1. The van der Waals surface area contributed by atoms with Crippen molar-refractivity contribution in [3.8, 4) is 17.2 Å². The highest BCUT2D eigenvalue weighted by atomic mass is 16.7. The smallest absolute Gasteiger partial charge is 0.312 e. The van der Waals surface area contributed by atoms with Crippen molar-refractivity contribution in [2.24, 2.45) is 11.7 Å². The number of carbonyl (C=O) groups is 8. The van der Waals surface area contributed by atoms with Crippen molar-refractivity contribution in [3.05, 3.63) is 93.6 Å². The van der Waals surface area contributed by atoms with E-state index in [-0.39, 0.29) is 140 Å². The number of anilines is 1.